The van der Waals surface area contributed by atoms with Gasteiger partial charge in [0.2, 0.25) is 0 Å². The van der Waals surface area contributed by atoms with Gasteiger partial charge in [0.1, 0.15) is 17.1 Å². The van der Waals surface area contributed by atoms with Crippen molar-refractivity contribution in [2.24, 2.45) is 0 Å². The summed E-state index contributed by atoms with van der Waals surface area (Å²) in [7, 11) is 1.56. The zero-order valence-electron chi connectivity index (χ0n) is 8.95. The number of nitrogen functional groups attached to an aromatic ring is 1. The van der Waals surface area contributed by atoms with Gasteiger partial charge in [0.25, 0.3) is 0 Å². The van der Waals surface area contributed by atoms with Gasteiger partial charge < -0.3 is 15.0 Å². The highest BCUT2D eigenvalue weighted by atomic mass is 35.5. The van der Waals surface area contributed by atoms with Crippen LogP contribution in [0.3, 0.4) is 0 Å². The molecule has 16 heavy (non-hydrogen) atoms. The molecule has 0 aliphatic carbocycles. The molecular weight excluding hydrogens is 228 g/mol. The summed E-state index contributed by atoms with van der Waals surface area (Å²) in [5.74, 6) is 1.14. The van der Waals surface area contributed by atoms with Gasteiger partial charge in [-0.2, -0.15) is 0 Å². The molecule has 1 aromatic carbocycles. The Kier molecular flexibility index (Phi) is 2.75. The third kappa shape index (κ3) is 1.72. The maximum absolute atomic E-state index is 6.01. The Morgan fingerprint density at radius 1 is 1.44 bits per heavy atom. The molecule has 4 nitrogen and oxygen atoms in total. The number of aromatic nitrogens is 1. The van der Waals surface area contributed by atoms with Gasteiger partial charge in [-0.1, -0.05) is 16.8 Å². The van der Waals surface area contributed by atoms with Gasteiger partial charge in [-0.05, 0) is 25.1 Å². The highest BCUT2D eigenvalue weighted by Gasteiger charge is 2.13. The molecule has 1 aromatic heterocycles. The van der Waals surface area contributed by atoms with Crippen LogP contribution in [-0.2, 0) is 0 Å². The first-order chi connectivity index (χ1) is 7.63. The third-order valence-electron chi connectivity index (χ3n) is 2.32. The lowest BCUT2D eigenvalue weighted by Gasteiger charge is -2.04. The Balaban J connectivity index is 2.49. The fourth-order valence-electron chi connectivity index (χ4n) is 1.39. The number of hydrogen-bond donors (Lipinski definition) is 1. The maximum Gasteiger partial charge on any atom is 0.190 e. The molecule has 1 heterocycles. The number of nitrogens with two attached hydrogens (primary N) is 1. The molecule has 0 amide bonds. The molecule has 0 atom stereocenters. The fourth-order valence-corrected chi connectivity index (χ4v) is 1.65. The van der Waals surface area contributed by atoms with E-state index in [9.17, 15) is 0 Å². The monoisotopic (exact) mass is 238 g/mol. The SMILES string of the molecule is COc1ccc(-c2onc(C)c2N)cc1Cl. The van der Waals surface area contributed by atoms with Gasteiger partial charge in [0, 0.05) is 5.56 Å². The standard InChI is InChI=1S/C11H11ClN2O2/c1-6-10(13)11(16-14-6)7-3-4-9(15-2)8(12)5-7/h3-5H,13H2,1-2H3. The number of hydrogen-bond acceptors (Lipinski definition) is 4. The van der Waals surface area contributed by atoms with Crippen molar-refractivity contribution in [2.45, 2.75) is 6.92 Å². The lowest BCUT2D eigenvalue weighted by molar-refractivity contribution is 0.414. The number of methoxy groups -OCH3 is 1. The van der Waals surface area contributed by atoms with Crippen molar-refractivity contribution >= 4 is 17.3 Å². The highest BCUT2D eigenvalue weighted by molar-refractivity contribution is 6.32. The molecule has 2 N–H and O–H groups in total. The van der Waals surface area contributed by atoms with Crippen LogP contribution < -0.4 is 10.5 Å². The number of benzene rings is 1. The van der Waals surface area contributed by atoms with Crippen molar-refractivity contribution in [2.75, 3.05) is 12.8 Å². The van der Waals surface area contributed by atoms with E-state index in [0.717, 1.165) is 5.56 Å². The summed E-state index contributed by atoms with van der Waals surface area (Å²) in [4.78, 5) is 0. The second-order valence-corrected chi connectivity index (χ2v) is 3.77. The van der Waals surface area contributed by atoms with Crippen LogP contribution in [0.15, 0.2) is 22.7 Å². The number of ether oxygens (including phenoxy) is 1. The van der Waals surface area contributed by atoms with Crippen LogP contribution in [0.2, 0.25) is 5.02 Å². The molecular formula is C11H11ClN2O2. The Bertz CT molecular complexity index is 523. The molecule has 5 heteroatoms. The topological polar surface area (TPSA) is 61.3 Å². The number of rotatable bonds is 2. The van der Waals surface area contributed by atoms with Crippen LogP contribution in [0.1, 0.15) is 5.69 Å². The normalized spacial score (nSPS) is 10.4. The van der Waals surface area contributed by atoms with Gasteiger partial charge >= 0.3 is 0 Å². The lowest BCUT2D eigenvalue weighted by atomic mass is 10.1. The molecule has 0 radical (unpaired) electrons. The van der Waals surface area contributed by atoms with Gasteiger partial charge in [0.05, 0.1) is 12.1 Å². The summed E-state index contributed by atoms with van der Waals surface area (Å²) in [6.07, 6.45) is 0. The van der Waals surface area contributed by atoms with E-state index in [0.29, 0.717) is 27.9 Å². The molecule has 0 unspecified atom stereocenters. The molecule has 0 saturated heterocycles. The Hall–Kier alpha value is -1.68. The Morgan fingerprint density at radius 2 is 2.19 bits per heavy atom. The summed E-state index contributed by atoms with van der Waals surface area (Å²) in [6.45, 7) is 1.79. The van der Waals surface area contributed by atoms with Crippen LogP contribution in [0.5, 0.6) is 5.75 Å². The van der Waals surface area contributed by atoms with Gasteiger partial charge in [-0.25, -0.2) is 0 Å². The summed E-state index contributed by atoms with van der Waals surface area (Å²) in [5.41, 5.74) is 7.80. The number of aryl methyl sites for hydroxylation is 1. The molecule has 2 aromatic rings. The van der Waals surface area contributed by atoms with E-state index in [1.165, 1.54) is 0 Å². The van der Waals surface area contributed by atoms with Gasteiger partial charge in [-0.15, -0.1) is 0 Å². The second kappa shape index (κ2) is 4.06. The van der Waals surface area contributed by atoms with Crippen LogP contribution in [0.4, 0.5) is 5.69 Å². The Morgan fingerprint density at radius 3 is 2.69 bits per heavy atom. The van der Waals surface area contributed by atoms with E-state index in [4.69, 9.17) is 26.6 Å². The fraction of sp³-hybridized carbons (Fsp3) is 0.182. The minimum atomic E-state index is 0.508. The van der Waals surface area contributed by atoms with Crippen LogP contribution in [-0.4, -0.2) is 12.3 Å². The molecule has 0 aliphatic rings. The molecule has 0 saturated carbocycles. The van der Waals surface area contributed by atoms with Crippen molar-refractivity contribution in [1.29, 1.82) is 0 Å². The summed E-state index contributed by atoms with van der Waals surface area (Å²) >= 11 is 6.01. The van der Waals surface area contributed by atoms with Gasteiger partial charge in [0.15, 0.2) is 5.76 Å². The summed E-state index contributed by atoms with van der Waals surface area (Å²) in [6, 6.07) is 5.31. The predicted molar refractivity (Wildman–Crippen MR) is 62.7 cm³/mol. The first kappa shape index (κ1) is 10.8. The van der Waals surface area contributed by atoms with Gasteiger partial charge in [-0.3, -0.25) is 0 Å². The van der Waals surface area contributed by atoms with Crippen molar-refractivity contribution in [3.63, 3.8) is 0 Å². The molecule has 0 fully saturated rings. The molecule has 84 valence electrons. The number of anilines is 1. The van der Waals surface area contributed by atoms with Crippen LogP contribution in [0, 0.1) is 6.92 Å². The van der Waals surface area contributed by atoms with Crippen molar-refractivity contribution in [1.82, 2.24) is 5.16 Å². The first-order valence-corrected chi connectivity index (χ1v) is 5.07. The summed E-state index contributed by atoms with van der Waals surface area (Å²) < 4.78 is 10.2. The minimum absolute atomic E-state index is 0.508. The van der Waals surface area contributed by atoms with E-state index in [1.54, 1.807) is 26.2 Å². The second-order valence-electron chi connectivity index (χ2n) is 3.36. The van der Waals surface area contributed by atoms with E-state index in [1.807, 2.05) is 6.07 Å². The average Bonchev–Trinajstić information content (AvgIpc) is 2.60. The van der Waals surface area contributed by atoms with E-state index >= 15 is 0 Å². The molecule has 2 rings (SSSR count). The van der Waals surface area contributed by atoms with E-state index < -0.39 is 0 Å². The van der Waals surface area contributed by atoms with Crippen molar-refractivity contribution < 1.29 is 9.26 Å². The third-order valence-corrected chi connectivity index (χ3v) is 2.62. The number of halogens is 1. The molecule has 0 spiro atoms. The highest BCUT2D eigenvalue weighted by Crippen LogP contribution is 2.33. The largest absolute Gasteiger partial charge is 0.495 e. The number of nitrogens with zero attached hydrogens (tertiary/aromatic N) is 1. The molecule has 0 aliphatic heterocycles. The van der Waals surface area contributed by atoms with Crippen molar-refractivity contribution in [3.8, 4) is 17.1 Å². The average molecular weight is 239 g/mol. The zero-order valence-corrected chi connectivity index (χ0v) is 9.71. The quantitative estimate of drug-likeness (QED) is 0.874. The first-order valence-electron chi connectivity index (χ1n) is 4.69. The lowest BCUT2D eigenvalue weighted by Crippen LogP contribution is -1.89. The Labute approximate surface area is 97.9 Å². The molecule has 0 bridgehead atoms. The smallest absolute Gasteiger partial charge is 0.190 e. The van der Waals surface area contributed by atoms with Crippen LogP contribution >= 0.6 is 11.6 Å². The maximum atomic E-state index is 6.01. The summed E-state index contributed by atoms with van der Waals surface area (Å²) in [5, 5.41) is 4.30. The van der Waals surface area contributed by atoms with E-state index in [-0.39, 0.29) is 0 Å². The minimum Gasteiger partial charge on any atom is -0.495 e. The van der Waals surface area contributed by atoms with Crippen LogP contribution in [0.25, 0.3) is 11.3 Å². The predicted octanol–water partition coefficient (Wildman–Crippen LogP) is 2.89. The van der Waals surface area contributed by atoms with E-state index in [2.05, 4.69) is 5.16 Å². The zero-order chi connectivity index (χ0) is 11.7. The van der Waals surface area contributed by atoms with Crippen molar-refractivity contribution in [3.05, 3.63) is 28.9 Å².